The molecule has 0 unspecified atom stereocenters. The summed E-state index contributed by atoms with van der Waals surface area (Å²) in [5.74, 6) is 0.582. The molecule has 7 heteroatoms. The Hall–Kier alpha value is -1.79. The normalized spacial score (nSPS) is 11.0. The van der Waals surface area contributed by atoms with Crippen LogP contribution in [0.2, 0.25) is 5.02 Å². The van der Waals surface area contributed by atoms with Gasteiger partial charge < -0.3 is 5.32 Å². The van der Waals surface area contributed by atoms with Crippen LogP contribution in [0.15, 0.2) is 34.2 Å². The van der Waals surface area contributed by atoms with E-state index in [2.05, 4.69) is 10.3 Å². The number of rotatable bonds is 7. The molecule has 1 heterocycles. The van der Waals surface area contributed by atoms with Crippen LogP contribution < -0.4 is 10.9 Å². The zero-order valence-corrected chi connectivity index (χ0v) is 17.1. The van der Waals surface area contributed by atoms with Crippen LogP contribution in [-0.4, -0.2) is 27.8 Å². The fourth-order valence-corrected chi connectivity index (χ4v) is 3.47. The van der Waals surface area contributed by atoms with Gasteiger partial charge in [-0.3, -0.25) is 14.2 Å². The molecule has 0 atom stereocenters. The fraction of sp³-hybridized carbons (Fsp3) is 0.421. The summed E-state index contributed by atoms with van der Waals surface area (Å²) in [5, 5.41) is 4.05. The number of carbonyl (C=O) groups is 1. The molecular weight excluding hydrogens is 370 g/mol. The van der Waals surface area contributed by atoms with E-state index in [1.54, 1.807) is 13.1 Å². The molecular formula is C19H24ClN3O2S. The molecule has 26 heavy (non-hydrogen) atoms. The second kappa shape index (κ2) is 9.24. The van der Waals surface area contributed by atoms with Crippen molar-refractivity contribution in [1.82, 2.24) is 14.9 Å². The van der Waals surface area contributed by atoms with Crippen molar-refractivity contribution in [3.8, 4) is 0 Å². The maximum Gasteiger partial charge on any atom is 0.257 e. The van der Waals surface area contributed by atoms with Crippen molar-refractivity contribution in [3.63, 3.8) is 0 Å². The third-order valence-electron chi connectivity index (χ3n) is 3.86. The third kappa shape index (κ3) is 5.61. The molecule has 2 rings (SSSR count). The highest BCUT2D eigenvalue weighted by Gasteiger charge is 2.14. The van der Waals surface area contributed by atoms with E-state index in [0.717, 1.165) is 5.56 Å². The maximum absolute atomic E-state index is 12.7. The van der Waals surface area contributed by atoms with Gasteiger partial charge in [-0.2, -0.15) is 0 Å². The summed E-state index contributed by atoms with van der Waals surface area (Å²) in [6.07, 6.45) is 0.478. The molecule has 1 N–H and O–H groups in total. The Labute approximate surface area is 163 Å². The minimum atomic E-state index is -0.0948. The first-order valence-corrected chi connectivity index (χ1v) is 9.84. The molecule has 0 aliphatic rings. The van der Waals surface area contributed by atoms with Crippen molar-refractivity contribution in [1.29, 1.82) is 0 Å². The molecule has 0 bridgehead atoms. The van der Waals surface area contributed by atoms with E-state index in [1.165, 1.54) is 16.3 Å². The molecule has 0 spiro atoms. The first-order valence-electron chi connectivity index (χ1n) is 8.48. The van der Waals surface area contributed by atoms with Gasteiger partial charge in [-0.25, -0.2) is 4.98 Å². The maximum atomic E-state index is 12.7. The highest BCUT2D eigenvalue weighted by molar-refractivity contribution is 7.99. The average Bonchev–Trinajstić information content (AvgIpc) is 2.59. The Balaban J connectivity index is 2.14. The summed E-state index contributed by atoms with van der Waals surface area (Å²) in [5.41, 5.74) is 2.19. The largest absolute Gasteiger partial charge is 0.355 e. The monoisotopic (exact) mass is 393 g/mol. The van der Waals surface area contributed by atoms with Gasteiger partial charge in [0.2, 0.25) is 5.91 Å². The topological polar surface area (TPSA) is 64.0 Å². The smallest absolute Gasteiger partial charge is 0.257 e. The van der Waals surface area contributed by atoms with Crippen LogP contribution in [-0.2, 0) is 18.3 Å². The number of carbonyl (C=O) groups excluding carboxylic acids is 1. The SMILES string of the molecule is Cc1nc(SCC(=O)NCC(C)C)n(C)c(=O)c1Cc1cccc(Cl)c1. The van der Waals surface area contributed by atoms with Gasteiger partial charge in [0.05, 0.1) is 5.75 Å². The van der Waals surface area contributed by atoms with Gasteiger partial charge in [0, 0.05) is 36.3 Å². The molecule has 0 saturated heterocycles. The van der Waals surface area contributed by atoms with E-state index in [9.17, 15) is 9.59 Å². The molecule has 0 aliphatic carbocycles. The van der Waals surface area contributed by atoms with Crippen LogP contribution in [0.5, 0.6) is 0 Å². The van der Waals surface area contributed by atoms with Crippen molar-refractivity contribution < 1.29 is 4.79 Å². The lowest BCUT2D eigenvalue weighted by molar-refractivity contribution is -0.118. The Kier molecular flexibility index (Phi) is 7.29. The van der Waals surface area contributed by atoms with Crippen LogP contribution in [0.25, 0.3) is 0 Å². The van der Waals surface area contributed by atoms with Crippen LogP contribution in [0, 0.1) is 12.8 Å². The predicted molar refractivity (Wildman–Crippen MR) is 107 cm³/mol. The second-order valence-corrected chi connectivity index (χ2v) is 7.99. The number of nitrogens with one attached hydrogen (secondary N) is 1. The summed E-state index contributed by atoms with van der Waals surface area (Å²) in [6.45, 7) is 6.55. The van der Waals surface area contributed by atoms with Crippen LogP contribution in [0.3, 0.4) is 0 Å². The standard InChI is InChI=1S/C19H24ClN3O2S/c1-12(2)10-21-17(24)11-26-19-22-13(3)16(18(25)23(19)4)9-14-6-5-7-15(20)8-14/h5-8,12H,9-11H2,1-4H3,(H,21,24). The number of thioether (sulfide) groups is 1. The van der Waals surface area contributed by atoms with Crippen molar-refractivity contribution in [2.24, 2.45) is 13.0 Å². The molecule has 1 aromatic carbocycles. The summed E-state index contributed by atoms with van der Waals surface area (Å²) >= 11 is 7.29. The summed E-state index contributed by atoms with van der Waals surface area (Å²) in [6, 6.07) is 7.46. The number of hydrogen-bond acceptors (Lipinski definition) is 4. The van der Waals surface area contributed by atoms with E-state index in [-0.39, 0.29) is 17.2 Å². The first kappa shape index (κ1) is 20.5. The molecule has 0 radical (unpaired) electrons. The molecule has 1 aromatic heterocycles. The highest BCUT2D eigenvalue weighted by Crippen LogP contribution is 2.18. The first-order chi connectivity index (χ1) is 12.3. The zero-order valence-electron chi connectivity index (χ0n) is 15.5. The number of aromatic nitrogens is 2. The minimum Gasteiger partial charge on any atom is -0.355 e. The zero-order chi connectivity index (χ0) is 19.3. The predicted octanol–water partition coefficient (Wildman–Crippen LogP) is 3.20. The van der Waals surface area contributed by atoms with Crippen LogP contribution in [0.1, 0.15) is 30.7 Å². The van der Waals surface area contributed by atoms with E-state index < -0.39 is 0 Å². The van der Waals surface area contributed by atoms with Crippen molar-refractivity contribution >= 4 is 29.3 Å². The van der Waals surface area contributed by atoms with Gasteiger partial charge in [0.15, 0.2) is 5.16 Å². The number of amides is 1. The number of halogens is 1. The lowest BCUT2D eigenvalue weighted by Gasteiger charge is -2.12. The molecule has 0 saturated carbocycles. The Bertz CT molecular complexity index is 849. The lowest BCUT2D eigenvalue weighted by atomic mass is 10.1. The van der Waals surface area contributed by atoms with Crippen molar-refractivity contribution in [2.45, 2.75) is 32.3 Å². The van der Waals surface area contributed by atoms with Crippen LogP contribution >= 0.6 is 23.4 Å². The van der Waals surface area contributed by atoms with Gasteiger partial charge >= 0.3 is 0 Å². The molecule has 0 fully saturated rings. The van der Waals surface area contributed by atoms with E-state index >= 15 is 0 Å². The molecule has 2 aromatic rings. The highest BCUT2D eigenvalue weighted by atomic mass is 35.5. The molecule has 0 aliphatic heterocycles. The Morgan fingerprint density at radius 3 is 2.77 bits per heavy atom. The van der Waals surface area contributed by atoms with Crippen LogP contribution in [0.4, 0.5) is 0 Å². The van der Waals surface area contributed by atoms with E-state index in [0.29, 0.717) is 40.3 Å². The van der Waals surface area contributed by atoms with Gasteiger partial charge in [-0.05, 0) is 30.5 Å². The van der Waals surface area contributed by atoms with Gasteiger partial charge in [0.1, 0.15) is 0 Å². The molecule has 5 nitrogen and oxygen atoms in total. The van der Waals surface area contributed by atoms with E-state index in [4.69, 9.17) is 11.6 Å². The molecule has 140 valence electrons. The molecule has 1 amide bonds. The summed E-state index contributed by atoms with van der Waals surface area (Å²) < 4.78 is 1.51. The minimum absolute atomic E-state index is 0.0568. The Morgan fingerprint density at radius 1 is 1.38 bits per heavy atom. The number of aryl methyl sites for hydroxylation is 1. The Morgan fingerprint density at radius 2 is 2.12 bits per heavy atom. The van der Waals surface area contributed by atoms with Gasteiger partial charge in [0.25, 0.3) is 5.56 Å². The third-order valence-corrected chi connectivity index (χ3v) is 5.12. The second-order valence-electron chi connectivity index (χ2n) is 6.62. The number of benzene rings is 1. The van der Waals surface area contributed by atoms with Crippen molar-refractivity contribution in [2.75, 3.05) is 12.3 Å². The van der Waals surface area contributed by atoms with Crippen molar-refractivity contribution in [3.05, 3.63) is 56.5 Å². The average molecular weight is 394 g/mol. The van der Waals surface area contributed by atoms with Gasteiger partial charge in [-0.15, -0.1) is 0 Å². The number of hydrogen-bond donors (Lipinski definition) is 1. The fourth-order valence-electron chi connectivity index (χ4n) is 2.41. The van der Waals surface area contributed by atoms with Gasteiger partial charge in [-0.1, -0.05) is 49.3 Å². The summed E-state index contributed by atoms with van der Waals surface area (Å²) in [7, 11) is 1.69. The number of nitrogens with zero attached hydrogens (tertiary/aromatic N) is 2. The lowest BCUT2D eigenvalue weighted by Crippen LogP contribution is -2.30. The summed E-state index contributed by atoms with van der Waals surface area (Å²) in [4.78, 5) is 29.2. The van der Waals surface area contributed by atoms with E-state index in [1.807, 2.05) is 39.0 Å². The quantitative estimate of drug-likeness (QED) is 0.579.